The molecule has 0 amide bonds. The van der Waals surface area contributed by atoms with Crippen LogP contribution in [0.3, 0.4) is 0 Å². The minimum atomic E-state index is -1.71. The summed E-state index contributed by atoms with van der Waals surface area (Å²) in [4.78, 5) is 11.8. The van der Waals surface area contributed by atoms with Gasteiger partial charge in [0, 0.05) is 6.42 Å². The summed E-state index contributed by atoms with van der Waals surface area (Å²) in [5.74, 6) is -0.0544. The first-order valence-electron chi connectivity index (χ1n) is 7.58. The van der Waals surface area contributed by atoms with E-state index in [0.29, 0.717) is 6.42 Å². The normalized spacial score (nSPS) is 18.7. The topological polar surface area (TPSA) is 26.3 Å². The van der Waals surface area contributed by atoms with Gasteiger partial charge >= 0.3 is 5.97 Å². The van der Waals surface area contributed by atoms with Crippen LogP contribution in [0.2, 0.25) is 18.1 Å². The molecular formula is C16H30O2Si. The number of hydrogen-bond acceptors (Lipinski definition) is 2. The van der Waals surface area contributed by atoms with Crippen LogP contribution in [0.5, 0.6) is 0 Å². The van der Waals surface area contributed by atoms with Crippen LogP contribution in [0, 0.1) is 0 Å². The fraction of sp³-hybridized carbons (Fsp3) is 0.812. The van der Waals surface area contributed by atoms with Crippen LogP contribution in [-0.2, 0) is 9.53 Å². The molecule has 1 aliphatic carbocycles. The van der Waals surface area contributed by atoms with Gasteiger partial charge in [-0.2, -0.15) is 0 Å². The highest BCUT2D eigenvalue weighted by atomic mass is 28.3. The number of esters is 1. The zero-order valence-electron chi connectivity index (χ0n) is 13.5. The second kappa shape index (κ2) is 6.25. The van der Waals surface area contributed by atoms with Crippen molar-refractivity contribution >= 4 is 14.0 Å². The maximum Gasteiger partial charge on any atom is 0.305 e. The highest BCUT2D eigenvalue weighted by Gasteiger charge is 2.46. The van der Waals surface area contributed by atoms with Gasteiger partial charge in [0.1, 0.15) is 13.8 Å². The van der Waals surface area contributed by atoms with Crippen molar-refractivity contribution in [3.05, 3.63) is 11.6 Å². The second-order valence-electron chi connectivity index (χ2n) is 7.22. The number of rotatable bonds is 4. The molecule has 0 saturated heterocycles. The Balaban J connectivity index is 3.04. The molecule has 0 aliphatic heterocycles. The fourth-order valence-corrected chi connectivity index (χ4v) is 4.80. The Labute approximate surface area is 119 Å². The molecule has 0 aromatic rings. The molecule has 19 heavy (non-hydrogen) atoms. The Morgan fingerprint density at radius 2 is 2.00 bits per heavy atom. The van der Waals surface area contributed by atoms with Gasteiger partial charge in [0.2, 0.25) is 0 Å². The predicted octanol–water partition coefficient (Wildman–Crippen LogP) is 4.86. The van der Waals surface area contributed by atoms with Gasteiger partial charge < -0.3 is 4.74 Å². The molecule has 0 spiro atoms. The Bertz CT molecular complexity index is 350. The lowest BCUT2D eigenvalue weighted by Crippen LogP contribution is -2.52. The van der Waals surface area contributed by atoms with Crippen molar-refractivity contribution in [1.82, 2.24) is 0 Å². The van der Waals surface area contributed by atoms with Crippen molar-refractivity contribution in [2.24, 2.45) is 0 Å². The molecule has 0 saturated carbocycles. The van der Waals surface area contributed by atoms with Crippen molar-refractivity contribution in [3.8, 4) is 0 Å². The van der Waals surface area contributed by atoms with Gasteiger partial charge in [0.25, 0.3) is 0 Å². The van der Waals surface area contributed by atoms with Crippen LogP contribution >= 0.6 is 0 Å². The first-order valence-corrected chi connectivity index (χ1v) is 10.7. The van der Waals surface area contributed by atoms with Crippen LogP contribution in [0.4, 0.5) is 0 Å². The molecule has 1 atom stereocenters. The molecule has 1 unspecified atom stereocenters. The van der Waals surface area contributed by atoms with E-state index >= 15 is 0 Å². The molecule has 1 rings (SSSR count). The molecule has 0 aromatic heterocycles. The van der Waals surface area contributed by atoms with Gasteiger partial charge in [0.05, 0.1) is 0 Å². The average Bonchev–Trinajstić information content (AvgIpc) is 2.35. The van der Waals surface area contributed by atoms with Gasteiger partial charge in [-0.15, -0.1) is 0 Å². The quantitative estimate of drug-likeness (QED) is 0.418. The Hall–Kier alpha value is -0.573. The van der Waals surface area contributed by atoms with E-state index in [1.54, 1.807) is 0 Å². The van der Waals surface area contributed by atoms with E-state index in [0.717, 1.165) is 12.8 Å². The summed E-state index contributed by atoms with van der Waals surface area (Å²) in [5, 5.41) is 0.226. The third kappa shape index (κ3) is 3.94. The van der Waals surface area contributed by atoms with E-state index in [4.69, 9.17) is 4.74 Å². The van der Waals surface area contributed by atoms with Gasteiger partial charge in [0.15, 0.2) is 0 Å². The van der Waals surface area contributed by atoms with Gasteiger partial charge in [-0.25, -0.2) is 0 Å². The standard InChI is InChI=1S/C16H30O2Si/c1-7-14(17)18-15(13-11-9-8-10-12-13)19(5,6)16(2,3)4/h11,15H,7-10,12H2,1-6H3. The van der Waals surface area contributed by atoms with Crippen LogP contribution in [-0.4, -0.2) is 19.8 Å². The van der Waals surface area contributed by atoms with E-state index in [9.17, 15) is 4.79 Å². The minimum absolute atomic E-state index is 0.0544. The number of carbonyl (C=O) groups is 1. The molecule has 3 heteroatoms. The lowest BCUT2D eigenvalue weighted by Gasteiger charge is -2.43. The smallest absolute Gasteiger partial charge is 0.305 e. The minimum Gasteiger partial charge on any atom is -0.462 e. The molecule has 0 fully saturated rings. The highest BCUT2D eigenvalue weighted by molar-refractivity contribution is 6.82. The third-order valence-electron chi connectivity index (χ3n) is 4.79. The van der Waals surface area contributed by atoms with E-state index in [1.165, 1.54) is 18.4 Å². The average molecular weight is 282 g/mol. The van der Waals surface area contributed by atoms with E-state index in [1.807, 2.05) is 6.92 Å². The predicted molar refractivity (Wildman–Crippen MR) is 83.9 cm³/mol. The number of carbonyl (C=O) groups excluding carboxylic acids is 1. The molecule has 0 radical (unpaired) electrons. The van der Waals surface area contributed by atoms with Crippen LogP contribution in [0.1, 0.15) is 59.8 Å². The molecule has 0 aromatic carbocycles. The summed E-state index contributed by atoms with van der Waals surface area (Å²) in [6.07, 6.45) is 7.56. The first kappa shape index (κ1) is 16.5. The molecule has 2 nitrogen and oxygen atoms in total. The Morgan fingerprint density at radius 3 is 2.42 bits per heavy atom. The van der Waals surface area contributed by atoms with Crippen molar-refractivity contribution < 1.29 is 9.53 Å². The summed E-state index contributed by atoms with van der Waals surface area (Å²) in [6.45, 7) is 13.5. The highest BCUT2D eigenvalue weighted by Crippen LogP contribution is 2.42. The summed E-state index contributed by atoms with van der Waals surface area (Å²) >= 11 is 0. The maximum atomic E-state index is 11.8. The molecule has 0 heterocycles. The van der Waals surface area contributed by atoms with Crippen LogP contribution in [0.25, 0.3) is 0 Å². The van der Waals surface area contributed by atoms with E-state index in [2.05, 4.69) is 39.9 Å². The molecule has 0 bridgehead atoms. The Morgan fingerprint density at radius 1 is 1.37 bits per heavy atom. The van der Waals surface area contributed by atoms with Gasteiger partial charge in [-0.1, -0.05) is 46.9 Å². The molecule has 110 valence electrons. The number of hydrogen-bond donors (Lipinski definition) is 0. The van der Waals surface area contributed by atoms with Crippen molar-refractivity contribution in [2.45, 2.75) is 83.7 Å². The van der Waals surface area contributed by atoms with Crippen molar-refractivity contribution in [3.63, 3.8) is 0 Å². The van der Waals surface area contributed by atoms with Crippen molar-refractivity contribution in [2.75, 3.05) is 0 Å². The van der Waals surface area contributed by atoms with Crippen LogP contribution in [0.15, 0.2) is 11.6 Å². The monoisotopic (exact) mass is 282 g/mol. The van der Waals surface area contributed by atoms with E-state index in [-0.39, 0.29) is 16.7 Å². The summed E-state index contributed by atoms with van der Waals surface area (Å²) in [7, 11) is -1.71. The second-order valence-corrected chi connectivity index (χ2v) is 12.7. The molecule has 1 aliphatic rings. The zero-order chi connectivity index (χ0) is 14.7. The fourth-order valence-electron chi connectivity index (χ4n) is 2.40. The summed E-state index contributed by atoms with van der Waals surface area (Å²) in [6, 6.07) is 0. The third-order valence-corrected chi connectivity index (χ3v) is 10.5. The molecular weight excluding hydrogens is 252 g/mol. The van der Waals surface area contributed by atoms with E-state index < -0.39 is 8.07 Å². The van der Waals surface area contributed by atoms with Crippen molar-refractivity contribution in [1.29, 1.82) is 0 Å². The number of ether oxygens (including phenoxy) is 1. The molecule has 0 N–H and O–H groups in total. The largest absolute Gasteiger partial charge is 0.462 e. The van der Waals surface area contributed by atoms with Gasteiger partial charge in [-0.3, -0.25) is 4.79 Å². The van der Waals surface area contributed by atoms with Gasteiger partial charge in [-0.05, 0) is 36.3 Å². The maximum absolute atomic E-state index is 11.8. The first-order chi connectivity index (χ1) is 8.70. The lowest BCUT2D eigenvalue weighted by atomic mass is 10.00. The number of allylic oxidation sites excluding steroid dienone is 1. The SMILES string of the molecule is CCC(=O)OC(C1=CCCCC1)[Si](C)(C)C(C)(C)C. The summed E-state index contributed by atoms with van der Waals surface area (Å²) in [5.41, 5.74) is 1.44. The lowest BCUT2D eigenvalue weighted by molar-refractivity contribution is -0.144. The zero-order valence-corrected chi connectivity index (χ0v) is 14.5. The van der Waals surface area contributed by atoms with Crippen LogP contribution < -0.4 is 0 Å². The summed E-state index contributed by atoms with van der Waals surface area (Å²) < 4.78 is 5.88. The Kier molecular flexibility index (Phi) is 5.42.